The maximum Gasteiger partial charge on any atom is 0.227 e. The number of rotatable bonds is 6. The van der Waals surface area contributed by atoms with Gasteiger partial charge in [0, 0.05) is 24.6 Å². The van der Waals surface area contributed by atoms with Crippen LogP contribution in [0.5, 0.6) is 5.75 Å². The number of ether oxygens (including phenoxy) is 1. The van der Waals surface area contributed by atoms with Crippen molar-refractivity contribution in [2.75, 3.05) is 18.1 Å². The Morgan fingerprint density at radius 3 is 2.55 bits per heavy atom. The fraction of sp³-hybridized carbons (Fsp3) is 0.286. The fourth-order valence-corrected chi connectivity index (χ4v) is 4.61. The van der Waals surface area contributed by atoms with Crippen LogP contribution in [0.15, 0.2) is 66.7 Å². The van der Waals surface area contributed by atoms with Gasteiger partial charge in [-0.05, 0) is 62.2 Å². The summed E-state index contributed by atoms with van der Waals surface area (Å²) in [5, 5.41) is 0. The quantitative estimate of drug-likeness (QED) is 0.395. The molecular formula is C28H29N3O2. The van der Waals surface area contributed by atoms with E-state index in [4.69, 9.17) is 9.72 Å². The van der Waals surface area contributed by atoms with Crippen LogP contribution in [0, 0.1) is 20.8 Å². The molecule has 0 N–H and O–H groups in total. The molecule has 0 unspecified atom stereocenters. The van der Waals surface area contributed by atoms with Crippen molar-refractivity contribution in [3.05, 3.63) is 89.2 Å². The van der Waals surface area contributed by atoms with Crippen LogP contribution in [0.25, 0.3) is 11.0 Å². The molecule has 33 heavy (non-hydrogen) atoms. The zero-order valence-corrected chi connectivity index (χ0v) is 19.4. The minimum absolute atomic E-state index is 0.0481. The Bertz CT molecular complexity index is 1310. The van der Waals surface area contributed by atoms with Crippen molar-refractivity contribution in [3.8, 4) is 5.75 Å². The molecule has 0 spiro atoms. The highest BCUT2D eigenvalue weighted by molar-refractivity contribution is 5.96. The van der Waals surface area contributed by atoms with Gasteiger partial charge in [0.25, 0.3) is 0 Å². The summed E-state index contributed by atoms with van der Waals surface area (Å²) in [6, 6.07) is 22.6. The molecule has 0 aliphatic carbocycles. The lowest BCUT2D eigenvalue weighted by Gasteiger charge is -2.18. The van der Waals surface area contributed by atoms with Crippen molar-refractivity contribution in [1.29, 1.82) is 0 Å². The van der Waals surface area contributed by atoms with Crippen LogP contribution in [-0.4, -0.2) is 28.6 Å². The number of nitrogens with zero attached hydrogens (tertiary/aromatic N) is 3. The van der Waals surface area contributed by atoms with E-state index in [9.17, 15) is 4.79 Å². The molecule has 1 aliphatic heterocycles. The largest absolute Gasteiger partial charge is 0.491 e. The highest BCUT2D eigenvalue weighted by atomic mass is 16.5. The van der Waals surface area contributed by atoms with Gasteiger partial charge in [-0.2, -0.15) is 0 Å². The summed E-state index contributed by atoms with van der Waals surface area (Å²) in [5.41, 5.74) is 6.50. The second-order valence-corrected chi connectivity index (χ2v) is 8.97. The van der Waals surface area contributed by atoms with E-state index in [2.05, 4.69) is 61.7 Å². The molecule has 1 fully saturated rings. The van der Waals surface area contributed by atoms with Crippen molar-refractivity contribution in [2.45, 2.75) is 39.7 Å². The number of amides is 1. The van der Waals surface area contributed by atoms with E-state index in [1.165, 1.54) is 11.1 Å². The Morgan fingerprint density at radius 2 is 1.73 bits per heavy atom. The summed E-state index contributed by atoms with van der Waals surface area (Å²) >= 11 is 0. The minimum Gasteiger partial charge on any atom is -0.491 e. The highest BCUT2D eigenvalue weighted by Crippen LogP contribution is 2.33. The Labute approximate surface area is 194 Å². The van der Waals surface area contributed by atoms with E-state index in [-0.39, 0.29) is 11.8 Å². The van der Waals surface area contributed by atoms with E-state index in [0.717, 1.165) is 33.9 Å². The first kappa shape index (κ1) is 21.3. The maximum atomic E-state index is 12.9. The standard InChI is InChI=1S/C28H29N3O2/c1-19-9-12-23(13-10-19)31-18-22(17-27(31)32)28-29-24-6-4-5-7-25(24)30(28)14-15-33-26-16-20(2)8-11-21(26)3/h4-13,16,22H,14-15,17-18H2,1-3H3/t22-/m1/s1. The molecule has 1 amide bonds. The molecule has 168 valence electrons. The summed E-state index contributed by atoms with van der Waals surface area (Å²) in [6.45, 7) is 8.06. The monoisotopic (exact) mass is 439 g/mol. The number of aryl methyl sites for hydroxylation is 3. The number of hydrogen-bond acceptors (Lipinski definition) is 3. The van der Waals surface area contributed by atoms with Crippen molar-refractivity contribution < 1.29 is 9.53 Å². The van der Waals surface area contributed by atoms with E-state index in [1.807, 2.05) is 35.2 Å². The summed E-state index contributed by atoms with van der Waals surface area (Å²) in [7, 11) is 0. The molecule has 5 heteroatoms. The number of fused-ring (bicyclic) bond motifs is 1. The van der Waals surface area contributed by atoms with Crippen molar-refractivity contribution >= 4 is 22.6 Å². The zero-order chi connectivity index (χ0) is 22.9. The average molecular weight is 440 g/mol. The zero-order valence-electron chi connectivity index (χ0n) is 19.4. The van der Waals surface area contributed by atoms with E-state index in [0.29, 0.717) is 26.1 Å². The number of benzene rings is 3. The number of anilines is 1. The molecule has 1 aromatic heterocycles. The van der Waals surface area contributed by atoms with Crippen LogP contribution in [0.4, 0.5) is 5.69 Å². The Morgan fingerprint density at radius 1 is 0.970 bits per heavy atom. The smallest absolute Gasteiger partial charge is 0.227 e. The van der Waals surface area contributed by atoms with Crippen LogP contribution < -0.4 is 9.64 Å². The average Bonchev–Trinajstić information content (AvgIpc) is 3.37. The van der Waals surface area contributed by atoms with Gasteiger partial charge in [-0.25, -0.2) is 4.98 Å². The Balaban J connectivity index is 1.40. The van der Waals surface area contributed by atoms with Gasteiger partial charge in [-0.15, -0.1) is 0 Å². The number of para-hydroxylation sites is 2. The van der Waals surface area contributed by atoms with E-state index >= 15 is 0 Å². The molecule has 1 atom stereocenters. The minimum atomic E-state index is 0.0481. The third kappa shape index (κ3) is 4.23. The van der Waals surface area contributed by atoms with Gasteiger partial charge in [0.15, 0.2) is 0 Å². The number of aromatic nitrogens is 2. The van der Waals surface area contributed by atoms with Gasteiger partial charge in [-0.1, -0.05) is 42.0 Å². The van der Waals surface area contributed by atoms with Gasteiger partial charge >= 0.3 is 0 Å². The van der Waals surface area contributed by atoms with E-state index < -0.39 is 0 Å². The van der Waals surface area contributed by atoms with Gasteiger partial charge in [0.05, 0.1) is 17.6 Å². The Kier molecular flexibility index (Phi) is 5.63. The normalized spacial score (nSPS) is 16.0. The number of imidazole rings is 1. The Hall–Kier alpha value is -3.60. The highest BCUT2D eigenvalue weighted by Gasteiger charge is 2.34. The molecule has 3 aromatic carbocycles. The van der Waals surface area contributed by atoms with Gasteiger partial charge < -0.3 is 14.2 Å². The summed E-state index contributed by atoms with van der Waals surface area (Å²) in [5.74, 6) is 2.08. The van der Waals surface area contributed by atoms with Gasteiger partial charge in [0.1, 0.15) is 18.2 Å². The number of hydrogen-bond donors (Lipinski definition) is 0. The van der Waals surface area contributed by atoms with Crippen LogP contribution >= 0.6 is 0 Å². The first-order valence-corrected chi connectivity index (χ1v) is 11.5. The third-order valence-electron chi connectivity index (χ3n) is 6.44. The lowest BCUT2D eigenvalue weighted by atomic mass is 10.1. The number of carbonyl (C=O) groups excluding carboxylic acids is 1. The second kappa shape index (κ2) is 8.74. The van der Waals surface area contributed by atoms with Crippen LogP contribution in [0.1, 0.15) is 34.9 Å². The maximum absolute atomic E-state index is 12.9. The third-order valence-corrected chi connectivity index (χ3v) is 6.44. The SMILES string of the molecule is Cc1ccc(N2C[C@H](c3nc4ccccc4n3CCOc3cc(C)ccc3C)CC2=O)cc1. The molecule has 4 aromatic rings. The van der Waals surface area contributed by atoms with E-state index in [1.54, 1.807) is 0 Å². The fourth-order valence-electron chi connectivity index (χ4n) is 4.61. The topological polar surface area (TPSA) is 47.4 Å². The summed E-state index contributed by atoms with van der Waals surface area (Å²) in [6.07, 6.45) is 0.467. The van der Waals surface area contributed by atoms with Crippen LogP contribution in [0.3, 0.4) is 0 Å². The molecular weight excluding hydrogens is 410 g/mol. The van der Waals surface area contributed by atoms with Crippen molar-refractivity contribution in [3.63, 3.8) is 0 Å². The molecule has 0 bridgehead atoms. The van der Waals surface area contributed by atoms with Crippen molar-refractivity contribution in [1.82, 2.24) is 9.55 Å². The first-order valence-electron chi connectivity index (χ1n) is 11.5. The van der Waals surface area contributed by atoms with Crippen molar-refractivity contribution in [2.24, 2.45) is 0 Å². The predicted molar refractivity (Wildman–Crippen MR) is 132 cm³/mol. The lowest BCUT2D eigenvalue weighted by Crippen LogP contribution is -2.24. The predicted octanol–water partition coefficient (Wildman–Crippen LogP) is 5.56. The lowest BCUT2D eigenvalue weighted by molar-refractivity contribution is -0.117. The van der Waals surface area contributed by atoms with Crippen LogP contribution in [0.2, 0.25) is 0 Å². The molecule has 0 saturated carbocycles. The molecule has 1 aliphatic rings. The first-order chi connectivity index (χ1) is 16.0. The molecule has 0 radical (unpaired) electrons. The van der Waals surface area contributed by atoms with Gasteiger partial charge in [-0.3, -0.25) is 4.79 Å². The number of carbonyl (C=O) groups is 1. The second-order valence-electron chi connectivity index (χ2n) is 8.97. The van der Waals surface area contributed by atoms with Gasteiger partial charge in [0.2, 0.25) is 5.91 Å². The molecule has 1 saturated heterocycles. The molecule has 5 nitrogen and oxygen atoms in total. The van der Waals surface area contributed by atoms with Crippen LogP contribution in [-0.2, 0) is 11.3 Å². The molecule has 2 heterocycles. The molecule has 5 rings (SSSR count). The summed E-state index contributed by atoms with van der Waals surface area (Å²) in [4.78, 5) is 19.7. The summed E-state index contributed by atoms with van der Waals surface area (Å²) < 4.78 is 8.39.